The number of fused-ring (bicyclic) bond motifs is 1. The van der Waals surface area contributed by atoms with E-state index in [9.17, 15) is 4.79 Å². The number of aromatic amines is 1. The van der Waals surface area contributed by atoms with Gasteiger partial charge < -0.3 is 24.4 Å². The number of nitrogens with zero attached hydrogens (tertiary/aromatic N) is 2. The predicted molar refractivity (Wildman–Crippen MR) is 118 cm³/mol. The van der Waals surface area contributed by atoms with Crippen LogP contribution < -0.4 is 19.5 Å². The minimum absolute atomic E-state index is 0.148. The molecule has 1 unspecified atom stereocenters. The van der Waals surface area contributed by atoms with Crippen LogP contribution in [0.25, 0.3) is 11.1 Å². The van der Waals surface area contributed by atoms with Crippen molar-refractivity contribution in [2.45, 2.75) is 12.5 Å². The number of rotatable bonds is 8. The van der Waals surface area contributed by atoms with Gasteiger partial charge in [-0.1, -0.05) is 18.2 Å². The zero-order valence-electron chi connectivity index (χ0n) is 17.6. The molecule has 0 aliphatic carbocycles. The van der Waals surface area contributed by atoms with Gasteiger partial charge in [-0.2, -0.15) is 5.10 Å². The lowest BCUT2D eigenvalue weighted by Crippen LogP contribution is -2.40. The SMILES string of the molecule is CN(C)CCCOc1cc(-c2cn[nH]c2)ccc1NC(=O)C1COc2ccccc2O1. The predicted octanol–water partition coefficient (Wildman–Crippen LogP) is 3.19. The van der Waals surface area contributed by atoms with Gasteiger partial charge in [0.05, 0.1) is 18.5 Å². The first kappa shape index (κ1) is 20.7. The molecule has 0 saturated carbocycles. The molecule has 0 bridgehead atoms. The second-order valence-electron chi connectivity index (χ2n) is 7.56. The van der Waals surface area contributed by atoms with Crippen molar-refractivity contribution >= 4 is 11.6 Å². The molecule has 0 radical (unpaired) electrons. The van der Waals surface area contributed by atoms with E-state index in [4.69, 9.17) is 14.2 Å². The van der Waals surface area contributed by atoms with Crippen molar-refractivity contribution in [3.05, 3.63) is 54.9 Å². The van der Waals surface area contributed by atoms with E-state index in [1.165, 1.54) is 0 Å². The number of ether oxygens (including phenoxy) is 3. The van der Waals surface area contributed by atoms with Crippen LogP contribution in [0.3, 0.4) is 0 Å². The molecular weight excluding hydrogens is 396 g/mol. The van der Waals surface area contributed by atoms with E-state index in [1.807, 2.05) is 56.7 Å². The third-order valence-corrected chi connectivity index (χ3v) is 4.88. The standard InChI is InChI=1S/C23H26N4O4/c1-27(2)10-5-11-29-21-12-16(17-13-24-25-14-17)8-9-18(21)26-23(28)22-15-30-19-6-3-4-7-20(19)31-22/h3-4,6-9,12-14,22H,5,10-11,15H2,1-2H3,(H,24,25)(H,26,28). The summed E-state index contributed by atoms with van der Waals surface area (Å²) in [5.41, 5.74) is 2.47. The molecule has 1 aliphatic rings. The molecule has 1 atom stereocenters. The second-order valence-corrected chi connectivity index (χ2v) is 7.56. The highest BCUT2D eigenvalue weighted by Gasteiger charge is 2.28. The zero-order chi connectivity index (χ0) is 21.6. The maximum atomic E-state index is 12.9. The molecule has 2 heterocycles. The average Bonchev–Trinajstić information content (AvgIpc) is 3.32. The van der Waals surface area contributed by atoms with Crippen molar-refractivity contribution in [1.29, 1.82) is 0 Å². The number of benzene rings is 2. The third kappa shape index (κ3) is 5.16. The summed E-state index contributed by atoms with van der Waals surface area (Å²) in [6.07, 6.45) is 3.68. The molecule has 8 nitrogen and oxygen atoms in total. The number of anilines is 1. The Labute approximate surface area is 181 Å². The molecule has 0 spiro atoms. The highest BCUT2D eigenvalue weighted by Crippen LogP contribution is 2.33. The van der Waals surface area contributed by atoms with Gasteiger partial charge in [0.25, 0.3) is 5.91 Å². The van der Waals surface area contributed by atoms with Gasteiger partial charge in [-0.25, -0.2) is 0 Å². The Kier molecular flexibility index (Phi) is 6.37. The number of H-pyrrole nitrogens is 1. The van der Waals surface area contributed by atoms with Crippen LogP contribution in [0.5, 0.6) is 17.2 Å². The number of carbonyl (C=O) groups is 1. The Bertz CT molecular complexity index is 1020. The number of hydrogen-bond donors (Lipinski definition) is 2. The fourth-order valence-corrected chi connectivity index (χ4v) is 3.26. The largest absolute Gasteiger partial charge is 0.491 e. The summed E-state index contributed by atoms with van der Waals surface area (Å²) in [5, 5.41) is 9.75. The van der Waals surface area contributed by atoms with Gasteiger partial charge in [0, 0.05) is 18.3 Å². The lowest BCUT2D eigenvalue weighted by molar-refractivity contribution is -0.125. The summed E-state index contributed by atoms with van der Waals surface area (Å²) in [4.78, 5) is 15.0. The Morgan fingerprint density at radius 1 is 1.23 bits per heavy atom. The van der Waals surface area contributed by atoms with Crippen molar-refractivity contribution in [3.8, 4) is 28.4 Å². The van der Waals surface area contributed by atoms with Crippen molar-refractivity contribution in [1.82, 2.24) is 15.1 Å². The molecule has 2 N–H and O–H groups in total. The van der Waals surface area contributed by atoms with Crippen LogP contribution in [0.4, 0.5) is 5.69 Å². The number of nitrogens with one attached hydrogen (secondary N) is 2. The summed E-state index contributed by atoms with van der Waals surface area (Å²) in [6.45, 7) is 1.59. The molecule has 1 aliphatic heterocycles. The summed E-state index contributed by atoms with van der Waals surface area (Å²) in [6, 6.07) is 13.0. The van der Waals surface area contributed by atoms with Gasteiger partial charge in [-0.15, -0.1) is 0 Å². The minimum atomic E-state index is -0.745. The fourth-order valence-electron chi connectivity index (χ4n) is 3.26. The van der Waals surface area contributed by atoms with E-state index in [2.05, 4.69) is 20.4 Å². The molecule has 0 saturated heterocycles. The minimum Gasteiger partial charge on any atom is -0.491 e. The van der Waals surface area contributed by atoms with Gasteiger partial charge in [-0.05, 0) is 50.3 Å². The van der Waals surface area contributed by atoms with Gasteiger partial charge >= 0.3 is 0 Å². The van der Waals surface area contributed by atoms with E-state index >= 15 is 0 Å². The molecule has 31 heavy (non-hydrogen) atoms. The fraction of sp³-hybridized carbons (Fsp3) is 0.304. The van der Waals surface area contributed by atoms with Crippen LogP contribution in [0.15, 0.2) is 54.9 Å². The van der Waals surface area contributed by atoms with Crippen LogP contribution in [0.2, 0.25) is 0 Å². The first-order valence-corrected chi connectivity index (χ1v) is 10.2. The van der Waals surface area contributed by atoms with Crippen molar-refractivity contribution in [2.75, 3.05) is 39.2 Å². The van der Waals surface area contributed by atoms with E-state index in [1.54, 1.807) is 12.3 Å². The van der Waals surface area contributed by atoms with Crippen molar-refractivity contribution in [2.24, 2.45) is 0 Å². The second kappa shape index (κ2) is 9.53. The van der Waals surface area contributed by atoms with Gasteiger partial charge in [-0.3, -0.25) is 9.89 Å². The lowest BCUT2D eigenvalue weighted by Gasteiger charge is -2.26. The topological polar surface area (TPSA) is 88.7 Å². The first-order valence-electron chi connectivity index (χ1n) is 10.2. The first-order chi connectivity index (χ1) is 15.1. The van der Waals surface area contributed by atoms with E-state index in [-0.39, 0.29) is 12.5 Å². The number of para-hydroxylation sites is 2. The van der Waals surface area contributed by atoms with E-state index in [0.717, 1.165) is 24.1 Å². The quantitative estimate of drug-likeness (QED) is 0.542. The summed E-state index contributed by atoms with van der Waals surface area (Å²) in [7, 11) is 4.05. The average molecular weight is 422 g/mol. The molecule has 162 valence electrons. The third-order valence-electron chi connectivity index (χ3n) is 4.88. The maximum absolute atomic E-state index is 12.9. The van der Waals surface area contributed by atoms with Crippen LogP contribution in [-0.4, -0.2) is 61.0 Å². The Morgan fingerprint density at radius 2 is 2.06 bits per heavy atom. The number of hydrogen-bond acceptors (Lipinski definition) is 6. The van der Waals surface area contributed by atoms with Crippen molar-refractivity contribution in [3.63, 3.8) is 0 Å². The van der Waals surface area contributed by atoms with Gasteiger partial charge in [0.15, 0.2) is 11.5 Å². The van der Waals surface area contributed by atoms with Crippen LogP contribution in [0.1, 0.15) is 6.42 Å². The molecule has 4 rings (SSSR count). The van der Waals surface area contributed by atoms with Gasteiger partial charge in [0.2, 0.25) is 6.10 Å². The molecule has 2 aromatic carbocycles. The van der Waals surface area contributed by atoms with E-state index < -0.39 is 6.10 Å². The van der Waals surface area contributed by atoms with E-state index in [0.29, 0.717) is 29.5 Å². The van der Waals surface area contributed by atoms with Gasteiger partial charge in [0.1, 0.15) is 12.4 Å². The molecule has 0 fully saturated rings. The Hall–Kier alpha value is -3.52. The summed E-state index contributed by atoms with van der Waals surface area (Å²) in [5.74, 6) is 1.51. The summed E-state index contributed by atoms with van der Waals surface area (Å²) >= 11 is 0. The van der Waals surface area contributed by atoms with Crippen molar-refractivity contribution < 1.29 is 19.0 Å². The Balaban J connectivity index is 1.48. The monoisotopic (exact) mass is 422 g/mol. The van der Waals surface area contributed by atoms with Crippen LogP contribution >= 0.6 is 0 Å². The highest BCUT2D eigenvalue weighted by atomic mass is 16.6. The normalized spacial score (nSPS) is 15.0. The molecular formula is C23H26N4O4. The number of amides is 1. The molecule has 3 aromatic rings. The molecule has 1 amide bonds. The zero-order valence-corrected chi connectivity index (χ0v) is 17.6. The van der Waals surface area contributed by atoms with Crippen LogP contribution in [0, 0.1) is 0 Å². The van der Waals surface area contributed by atoms with Crippen LogP contribution in [-0.2, 0) is 4.79 Å². The highest BCUT2D eigenvalue weighted by molar-refractivity contribution is 5.96. The number of carbonyl (C=O) groups excluding carboxylic acids is 1. The summed E-state index contributed by atoms with van der Waals surface area (Å²) < 4.78 is 17.5. The maximum Gasteiger partial charge on any atom is 0.269 e. The number of aromatic nitrogens is 2. The lowest BCUT2D eigenvalue weighted by atomic mass is 10.1. The Morgan fingerprint density at radius 3 is 2.84 bits per heavy atom. The molecule has 1 aromatic heterocycles. The molecule has 8 heteroatoms. The smallest absolute Gasteiger partial charge is 0.269 e.